The monoisotopic (exact) mass is 650 g/mol. The molecule has 0 amide bonds. The standard InChI is InChI=1S/C42H26N4S2/c1-3-19-36-30(11-1)32-15-7-17-34(39(32)47-36)41-43-21-26(22-44-41)28-13-5-9-25-10-6-14-29(38(25)28)27-23-45-42(46-24-27)35-18-8-16-33-31-12-2-4-20-37(31)48-40(33)35/h1,3-11,13-24H,2,12H2. The minimum atomic E-state index is 0.734. The number of nitrogens with zero attached hydrogens (tertiary/aromatic N) is 4. The van der Waals surface area contributed by atoms with Gasteiger partial charge >= 0.3 is 0 Å². The van der Waals surface area contributed by atoms with Crippen LogP contribution in [0.1, 0.15) is 16.9 Å². The normalized spacial score (nSPS) is 12.8. The van der Waals surface area contributed by atoms with Gasteiger partial charge in [0.2, 0.25) is 0 Å². The van der Waals surface area contributed by atoms with Crippen LogP contribution in [0.3, 0.4) is 0 Å². The third-order valence-electron chi connectivity index (χ3n) is 9.40. The SMILES string of the molecule is C1=Cc2sc3c(-c4ncc(-c5cccc6cccc(-c7cnc(-c8cccc9c8sc8ccccc89)nc7)c56)cn4)cccc3c2CC1. The largest absolute Gasteiger partial charge is 0.236 e. The molecule has 0 aliphatic heterocycles. The quantitative estimate of drug-likeness (QED) is 0.190. The zero-order chi connectivity index (χ0) is 31.6. The molecule has 4 heterocycles. The summed E-state index contributed by atoms with van der Waals surface area (Å²) in [7, 11) is 0. The van der Waals surface area contributed by atoms with Crippen LogP contribution in [-0.2, 0) is 6.42 Å². The molecular weight excluding hydrogens is 625 g/mol. The van der Waals surface area contributed by atoms with Crippen molar-refractivity contribution in [3.63, 3.8) is 0 Å². The first-order valence-corrected chi connectivity index (χ1v) is 17.7. The average Bonchev–Trinajstić information content (AvgIpc) is 3.73. The summed E-state index contributed by atoms with van der Waals surface area (Å²) in [6, 6.07) is 34.3. The summed E-state index contributed by atoms with van der Waals surface area (Å²) < 4.78 is 3.76. The number of rotatable bonds is 4. The molecule has 0 N–H and O–H groups in total. The molecule has 0 saturated heterocycles. The summed E-state index contributed by atoms with van der Waals surface area (Å²) in [4.78, 5) is 21.1. The summed E-state index contributed by atoms with van der Waals surface area (Å²) >= 11 is 3.64. The van der Waals surface area contributed by atoms with Gasteiger partial charge < -0.3 is 0 Å². The molecule has 0 unspecified atom stereocenters. The molecule has 0 saturated carbocycles. The maximum absolute atomic E-state index is 4.93. The zero-order valence-electron chi connectivity index (χ0n) is 25.7. The molecule has 1 aliphatic rings. The summed E-state index contributed by atoms with van der Waals surface area (Å²) in [6.45, 7) is 0. The van der Waals surface area contributed by atoms with Crippen LogP contribution in [-0.4, -0.2) is 19.9 Å². The Morgan fingerprint density at radius 1 is 0.500 bits per heavy atom. The minimum absolute atomic E-state index is 0.734. The number of hydrogen-bond acceptors (Lipinski definition) is 6. The van der Waals surface area contributed by atoms with Gasteiger partial charge in [-0.15, -0.1) is 22.7 Å². The molecule has 0 fully saturated rings. The van der Waals surface area contributed by atoms with Crippen LogP contribution in [0.25, 0.3) is 92.1 Å². The first-order valence-electron chi connectivity index (χ1n) is 16.1. The van der Waals surface area contributed by atoms with E-state index in [0.29, 0.717) is 0 Å². The van der Waals surface area contributed by atoms with Crippen LogP contribution in [0, 0.1) is 0 Å². The molecule has 5 aromatic carbocycles. The van der Waals surface area contributed by atoms with Gasteiger partial charge in [0.05, 0.1) is 0 Å². The lowest BCUT2D eigenvalue weighted by atomic mass is 9.93. The van der Waals surface area contributed by atoms with Crippen molar-refractivity contribution in [1.82, 2.24) is 19.9 Å². The van der Waals surface area contributed by atoms with Gasteiger partial charge in [0.25, 0.3) is 0 Å². The van der Waals surface area contributed by atoms with Crippen LogP contribution in [0.15, 0.2) is 128 Å². The molecule has 4 aromatic heterocycles. The van der Waals surface area contributed by atoms with Gasteiger partial charge in [-0.2, -0.15) is 0 Å². The van der Waals surface area contributed by atoms with E-state index in [1.165, 1.54) is 40.7 Å². The zero-order valence-corrected chi connectivity index (χ0v) is 27.4. The van der Waals surface area contributed by atoms with Crippen molar-refractivity contribution < 1.29 is 0 Å². The highest BCUT2D eigenvalue weighted by molar-refractivity contribution is 7.26. The van der Waals surface area contributed by atoms with Gasteiger partial charge in [-0.1, -0.05) is 84.9 Å². The Morgan fingerprint density at radius 3 is 1.75 bits per heavy atom. The lowest BCUT2D eigenvalue weighted by Crippen LogP contribution is -1.93. The van der Waals surface area contributed by atoms with Crippen molar-refractivity contribution in [3.05, 3.63) is 138 Å². The first kappa shape index (κ1) is 27.5. The molecule has 10 rings (SSSR count). The lowest BCUT2D eigenvalue weighted by Gasteiger charge is -2.13. The Bertz CT molecular complexity index is 2710. The molecule has 226 valence electrons. The van der Waals surface area contributed by atoms with Gasteiger partial charge in [0, 0.05) is 76.8 Å². The summed E-state index contributed by atoms with van der Waals surface area (Å²) in [5, 5.41) is 6.14. The average molecular weight is 651 g/mol. The molecule has 0 atom stereocenters. The van der Waals surface area contributed by atoms with E-state index in [-0.39, 0.29) is 0 Å². The van der Waals surface area contributed by atoms with Crippen LogP contribution >= 0.6 is 22.7 Å². The van der Waals surface area contributed by atoms with Crippen molar-refractivity contribution in [2.24, 2.45) is 0 Å². The first-order chi connectivity index (χ1) is 23.8. The van der Waals surface area contributed by atoms with Crippen LogP contribution in [0.2, 0.25) is 0 Å². The van der Waals surface area contributed by atoms with Gasteiger partial charge in [-0.25, -0.2) is 19.9 Å². The van der Waals surface area contributed by atoms with Gasteiger partial charge in [-0.3, -0.25) is 0 Å². The molecule has 0 spiro atoms. The maximum atomic E-state index is 4.93. The number of hydrogen-bond donors (Lipinski definition) is 0. The number of aryl methyl sites for hydroxylation is 1. The molecule has 0 radical (unpaired) electrons. The van der Waals surface area contributed by atoms with E-state index in [4.69, 9.17) is 19.9 Å². The van der Waals surface area contributed by atoms with E-state index in [1.54, 1.807) is 11.3 Å². The molecule has 0 bridgehead atoms. The van der Waals surface area contributed by atoms with Gasteiger partial charge in [0.15, 0.2) is 11.6 Å². The van der Waals surface area contributed by atoms with Crippen molar-refractivity contribution in [1.29, 1.82) is 0 Å². The predicted octanol–water partition coefficient (Wildman–Crippen LogP) is 11.6. The fraction of sp³-hybridized carbons (Fsp3) is 0.0476. The fourth-order valence-corrected chi connectivity index (χ4v) is 9.63. The predicted molar refractivity (Wildman–Crippen MR) is 202 cm³/mol. The highest BCUT2D eigenvalue weighted by Crippen LogP contribution is 2.42. The smallest absolute Gasteiger partial charge is 0.160 e. The van der Waals surface area contributed by atoms with E-state index in [0.717, 1.165) is 68.6 Å². The Hall–Kier alpha value is -5.56. The van der Waals surface area contributed by atoms with E-state index in [1.807, 2.05) is 36.1 Å². The second-order valence-corrected chi connectivity index (χ2v) is 14.3. The Morgan fingerprint density at radius 2 is 1.06 bits per heavy atom. The second kappa shape index (κ2) is 11.0. The van der Waals surface area contributed by atoms with Gasteiger partial charge in [0.1, 0.15) is 0 Å². The molecular formula is C42H26N4S2. The number of aromatic nitrogens is 4. The van der Waals surface area contributed by atoms with E-state index in [9.17, 15) is 0 Å². The Kier molecular flexibility index (Phi) is 6.32. The van der Waals surface area contributed by atoms with Gasteiger partial charge in [-0.05, 0) is 70.0 Å². The number of benzene rings is 5. The van der Waals surface area contributed by atoms with Crippen LogP contribution in [0.4, 0.5) is 0 Å². The topological polar surface area (TPSA) is 51.6 Å². The Balaban J connectivity index is 1.04. The third kappa shape index (κ3) is 4.34. The molecule has 6 heteroatoms. The number of allylic oxidation sites excluding steroid dienone is 1. The van der Waals surface area contributed by atoms with Crippen molar-refractivity contribution in [2.45, 2.75) is 12.8 Å². The molecule has 4 nitrogen and oxygen atoms in total. The lowest BCUT2D eigenvalue weighted by molar-refractivity contribution is 1.01. The molecule has 9 aromatic rings. The molecule has 1 aliphatic carbocycles. The highest BCUT2D eigenvalue weighted by atomic mass is 32.1. The second-order valence-electron chi connectivity index (χ2n) is 12.1. The van der Waals surface area contributed by atoms with Crippen LogP contribution < -0.4 is 0 Å². The third-order valence-corrected chi connectivity index (χ3v) is 11.9. The maximum Gasteiger partial charge on any atom is 0.160 e. The Labute approximate surface area is 284 Å². The van der Waals surface area contributed by atoms with E-state index < -0.39 is 0 Å². The van der Waals surface area contributed by atoms with E-state index in [2.05, 4.69) is 109 Å². The minimum Gasteiger partial charge on any atom is -0.236 e. The van der Waals surface area contributed by atoms with Crippen molar-refractivity contribution in [2.75, 3.05) is 0 Å². The van der Waals surface area contributed by atoms with Crippen molar-refractivity contribution >= 4 is 69.8 Å². The van der Waals surface area contributed by atoms with E-state index >= 15 is 0 Å². The highest BCUT2D eigenvalue weighted by Gasteiger charge is 2.18. The number of thiophene rings is 2. The van der Waals surface area contributed by atoms with Crippen molar-refractivity contribution in [3.8, 4) is 45.0 Å². The fourth-order valence-electron chi connectivity index (χ4n) is 7.13. The number of fused-ring (bicyclic) bond motifs is 7. The molecule has 48 heavy (non-hydrogen) atoms. The summed E-state index contributed by atoms with van der Waals surface area (Å²) in [5.74, 6) is 1.49. The summed E-state index contributed by atoms with van der Waals surface area (Å²) in [6.07, 6.45) is 14.6. The van der Waals surface area contributed by atoms with Crippen LogP contribution in [0.5, 0.6) is 0 Å². The summed E-state index contributed by atoms with van der Waals surface area (Å²) in [5.41, 5.74) is 7.73.